The second-order valence-corrected chi connectivity index (χ2v) is 10.4. The lowest BCUT2D eigenvalue weighted by Crippen LogP contribution is -2.31. The Bertz CT molecular complexity index is 1970. The van der Waals surface area contributed by atoms with Crippen molar-refractivity contribution in [1.29, 1.82) is 0 Å². The van der Waals surface area contributed by atoms with E-state index < -0.39 is 17.6 Å². The van der Waals surface area contributed by atoms with E-state index in [0.717, 1.165) is 24.2 Å². The normalized spacial score (nSPS) is 14.7. The second kappa shape index (κ2) is 10.9. The fraction of sp³-hybridized carbons (Fsp3) is 0.188. The quantitative estimate of drug-likeness (QED) is 0.234. The van der Waals surface area contributed by atoms with Crippen molar-refractivity contribution in [3.8, 4) is 17.1 Å². The first kappa shape index (κ1) is 26.7. The van der Waals surface area contributed by atoms with Gasteiger partial charge in [-0.25, -0.2) is 28.5 Å². The number of aromatic nitrogens is 5. The van der Waals surface area contributed by atoms with Gasteiger partial charge in [0.15, 0.2) is 0 Å². The fourth-order valence-electron chi connectivity index (χ4n) is 5.22. The summed E-state index contributed by atoms with van der Waals surface area (Å²) in [4.78, 5) is 25.1. The number of halogens is 2. The molecule has 7 rings (SSSR count). The maximum absolute atomic E-state index is 15.5. The number of benzene rings is 2. The molecule has 0 radical (unpaired) electrons. The molecule has 0 amide bonds. The highest BCUT2D eigenvalue weighted by Gasteiger charge is 2.23. The van der Waals surface area contributed by atoms with Crippen LogP contribution in [0.15, 0.2) is 79.1 Å². The first-order chi connectivity index (χ1) is 20.9. The number of hydrogen-bond donors (Lipinski definition) is 1. The van der Waals surface area contributed by atoms with Crippen LogP contribution < -0.4 is 4.74 Å². The lowest BCUT2D eigenvalue weighted by molar-refractivity contribution is -0.0589. The topological polar surface area (TPSA) is 104 Å². The minimum Gasteiger partial charge on any atom is -0.478 e. The number of carboxylic acid groups (broad SMARTS) is 1. The third kappa shape index (κ3) is 5.30. The van der Waals surface area contributed by atoms with Crippen LogP contribution in [0.25, 0.3) is 27.9 Å². The highest BCUT2D eigenvalue weighted by molar-refractivity contribution is 5.92. The summed E-state index contributed by atoms with van der Waals surface area (Å²) in [5, 5.41) is 9.47. The Balaban J connectivity index is 1.15. The molecule has 0 bridgehead atoms. The zero-order valence-electron chi connectivity index (χ0n) is 22.8. The maximum Gasteiger partial charge on any atom is 0.335 e. The summed E-state index contributed by atoms with van der Waals surface area (Å²) < 4.78 is 46.1. The molecule has 9 nitrogen and oxygen atoms in total. The molecule has 1 N–H and O–H groups in total. The van der Waals surface area contributed by atoms with Crippen molar-refractivity contribution in [2.45, 2.75) is 32.1 Å². The average molecular weight is 582 g/mol. The Hall–Kier alpha value is -5.16. The number of rotatable bonds is 9. The summed E-state index contributed by atoms with van der Waals surface area (Å²) in [7, 11) is 0. The zero-order chi connectivity index (χ0) is 29.5. The average Bonchev–Trinajstić information content (AvgIpc) is 3.55. The van der Waals surface area contributed by atoms with Crippen LogP contribution in [0.2, 0.25) is 0 Å². The molecule has 0 aliphatic carbocycles. The highest BCUT2D eigenvalue weighted by atomic mass is 19.1. The van der Waals surface area contributed by atoms with E-state index in [2.05, 4.69) is 15.0 Å². The highest BCUT2D eigenvalue weighted by Crippen LogP contribution is 2.29. The predicted octanol–water partition coefficient (Wildman–Crippen LogP) is 5.68. The molecule has 1 aliphatic rings. The zero-order valence-corrected chi connectivity index (χ0v) is 22.8. The summed E-state index contributed by atoms with van der Waals surface area (Å²) in [6, 6.07) is 17.5. The number of hydrogen-bond acceptors (Lipinski definition) is 6. The van der Waals surface area contributed by atoms with Gasteiger partial charge in [-0.05, 0) is 60.5 Å². The number of ether oxygens (including phenoxy) is 2. The maximum atomic E-state index is 15.5. The van der Waals surface area contributed by atoms with Crippen LogP contribution in [0.5, 0.6) is 5.88 Å². The molecule has 11 heteroatoms. The van der Waals surface area contributed by atoms with E-state index in [-0.39, 0.29) is 47.4 Å². The van der Waals surface area contributed by atoms with Crippen molar-refractivity contribution in [3.05, 3.63) is 113 Å². The van der Waals surface area contributed by atoms with E-state index in [1.54, 1.807) is 30.3 Å². The van der Waals surface area contributed by atoms with Crippen molar-refractivity contribution in [1.82, 2.24) is 23.9 Å². The molecule has 0 saturated carbocycles. The van der Waals surface area contributed by atoms with E-state index in [1.165, 1.54) is 6.07 Å². The van der Waals surface area contributed by atoms with Gasteiger partial charge in [0.25, 0.3) is 0 Å². The molecule has 1 saturated heterocycles. The fourth-order valence-corrected chi connectivity index (χ4v) is 5.22. The third-order valence-corrected chi connectivity index (χ3v) is 7.52. The molecule has 1 unspecified atom stereocenters. The molecule has 6 aromatic rings. The third-order valence-electron chi connectivity index (χ3n) is 7.52. The van der Waals surface area contributed by atoms with E-state index in [0.29, 0.717) is 35.7 Å². The molecule has 216 valence electrons. The molecular weight excluding hydrogens is 556 g/mol. The van der Waals surface area contributed by atoms with Gasteiger partial charge in [0.05, 0.1) is 40.6 Å². The summed E-state index contributed by atoms with van der Waals surface area (Å²) in [5.41, 5.74) is 3.13. The minimum absolute atomic E-state index is 0.00176. The van der Waals surface area contributed by atoms with Crippen molar-refractivity contribution in [2.24, 2.45) is 0 Å². The van der Waals surface area contributed by atoms with Crippen molar-refractivity contribution < 1.29 is 28.2 Å². The molecule has 43 heavy (non-hydrogen) atoms. The van der Waals surface area contributed by atoms with Gasteiger partial charge in [0, 0.05) is 37.1 Å². The van der Waals surface area contributed by atoms with Gasteiger partial charge in [-0.3, -0.25) is 0 Å². The number of nitrogens with zero attached hydrogens (tertiary/aromatic N) is 5. The Morgan fingerprint density at radius 3 is 2.70 bits per heavy atom. The van der Waals surface area contributed by atoms with Crippen molar-refractivity contribution in [2.75, 3.05) is 6.61 Å². The van der Waals surface area contributed by atoms with Crippen LogP contribution in [0.4, 0.5) is 8.78 Å². The first-order valence-electron chi connectivity index (χ1n) is 13.8. The van der Waals surface area contributed by atoms with Crippen LogP contribution in [0.3, 0.4) is 0 Å². The van der Waals surface area contributed by atoms with Gasteiger partial charge in [-0.1, -0.05) is 12.1 Å². The SMILES string of the molecule is O=C(O)c1ccc2nc(Cc3cc(F)c(-c4cccc(OCc5cn6ccccc6n5)n4)cc3F)n(CC3CCO3)c2c1. The van der Waals surface area contributed by atoms with Crippen molar-refractivity contribution in [3.63, 3.8) is 0 Å². The molecular formula is C32H25F2N5O4. The minimum atomic E-state index is -1.06. The Morgan fingerprint density at radius 1 is 1.02 bits per heavy atom. The molecule has 1 aliphatic heterocycles. The summed E-state index contributed by atoms with van der Waals surface area (Å²) >= 11 is 0. The molecule has 0 spiro atoms. The smallest absolute Gasteiger partial charge is 0.335 e. The molecule has 4 aromatic heterocycles. The summed E-state index contributed by atoms with van der Waals surface area (Å²) in [5.74, 6) is -1.57. The van der Waals surface area contributed by atoms with E-state index in [4.69, 9.17) is 9.47 Å². The van der Waals surface area contributed by atoms with Crippen LogP contribution >= 0.6 is 0 Å². The van der Waals surface area contributed by atoms with Gasteiger partial charge in [-0.2, -0.15) is 0 Å². The summed E-state index contributed by atoms with van der Waals surface area (Å²) in [6.45, 7) is 1.24. The standard InChI is InChI=1S/C32H25F2N5O4/c33-24-15-23(26-4-3-6-31(37-26)43-18-21-16-38-10-2-1-5-29(38)35-21)25(34)12-20(24)14-30-36-27-8-7-19(32(40)41)13-28(27)39(30)17-22-9-11-42-22/h1-8,10,12-13,15-16,22H,9,11,14,17-18H2,(H,40,41). The monoisotopic (exact) mass is 581 g/mol. The largest absolute Gasteiger partial charge is 0.478 e. The van der Waals surface area contributed by atoms with Gasteiger partial charge < -0.3 is 23.5 Å². The first-order valence-corrected chi connectivity index (χ1v) is 13.8. The summed E-state index contributed by atoms with van der Waals surface area (Å²) in [6.07, 6.45) is 4.54. The van der Waals surface area contributed by atoms with Crippen LogP contribution in [0.1, 0.15) is 33.9 Å². The number of carbonyl (C=O) groups is 1. The second-order valence-electron chi connectivity index (χ2n) is 10.4. The Kier molecular flexibility index (Phi) is 6.78. The molecule has 1 atom stereocenters. The lowest BCUT2D eigenvalue weighted by Gasteiger charge is -2.27. The number of aromatic carboxylic acids is 1. The predicted molar refractivity (Wildman–Crippen MR) is 153 cm³/mol. The Labute approximate surface area is 244 Å². The van der Waals surface area contributed by atoms with Crippen LogP contribution in [-0.2, 0) is 24.3 Å². The van der Waals surface area contributed by atoms with E-state index >= 15 is 8.78 Å². The van der Waals surface area contributed by atoms with Crippen LogP contribution in [-0.4, -0.2) is 47.7 Å². The van der Waals surface area contributed by atoms with Crippen LogP contribution in [0, 0.1) is 11.6 Å². The molecule has 2 aromatic carbocycles. The number of fused-ring (bicyclic) bond motifs is 2. The van der Waals surface area contributed by atoms with Gasteiger partial charge in [0.1, 0.15) is 29.7 Å². The number of carboxylic acids is 1. The molecule has 1 fully saturated rings. The lowest BCUT2D eigenvalue weighted by atomic mass is 10.0. The van der Waals surface area contributed by atoms with E-state index in [9.17, 15) is 9.90 Å². The van der Waals surface area contributed by atoms with Gasteiger partial charge in [0.2, 0.25) is 5.88 Å². The number of pyridine rings is 2. The Morgan fingerprint density at radius 2 is 1.91 bits per heavy atom. The van der Waals surface area contributed by atoms with Gasteiger partial charge in [-0.15, -0.1) is 0 Å². The number of imidazole rings is 2. The molecule has 5 heterocycles. The van der Waals surface area contributed by atoms with Gasteiger partial charge >= 0.3 is 5.97 Å². The van der Waals surface area contributed by atoms with E-state index in [1.807, 2.05) is 39.6 Å². The van der Waals surface area contributed by atoms with Crippen molar-refractivity contribution >= 4 is 22.6 Å².